The van der Waals surface area contributed by atoms with Crippen molar-refractivity contribution >= 4 is 0 Å². The van der Waals surface area contributed by atoms with Crippen molar-refractivity contribution in [3.63, 3.8) is 0 Å². The van der Waals surface area contributed by atoms with E-state index in [1.807, 2.05) is 0 Å². The molecular formula is C11H22N2. The lowest BCUT2D eigenvalue weighted by Crippen LogP contribution is -2.43. The van der Waals surface area contributed by atoms with Gasteiger partial charge in [0.2, 0.25) is 0 Å². The van der Waals surface area contributed by atoms with Crippen LogP contribution >= 0.6 is 0 Å². The highest BCUT2D eigenvalue weighted by Crippen LogP contribution is 2.05. The van der Waals surface area contributed by atoms with Gasteiger partial charge in [0.15, 0.2) is 0 Å². The van der Waals surface area contributed by atoms with Crippen LogP contribution in [0.4, 0.5) is 0 Å². The second-order valence-electron chi connectivity index (χ2n) is 4.17. The van der Waals surface area contributed by atoms with E-state index in [1.54, 1.807) is 0 Å². The molecule has 1 aliphatic rings. The molecule has 1 rings (SSSR count). The molecule has 0 aromatic heterocycles. The Bertz CT molecular complexity index is 163. The van der Waals surface area contributed by atoms with Crippen LogP contribution in [0, 0.1) is 0 Å². The molecule has 0 fully saturated rings. The molecule has 0 spiro atoms. The molecule has 1 heterocycles. The molecule has 0 aromatic carbocycles. The van der Waals surface area contributed by atoms with Crippen molar-refractivity contribution in [1.29, 1.82) is 0 Å². The summed E-state index contributed by atoms with van der Waals surface area (Å²) in [5, 5.41) is 3.48. The molecule has 1 atom stereocenters. The molecule has 0 saturated carbocycles. The van der Waals surface area contributed by atoms with Crippen molar-refractivity contribution in [3.05, 3.63) is 12.2 Å². The van der Waals surface area contributed by atoms with Gasteiger partial charge < -0.3 is 5.32 Å². The number of nitrogens with zero attached hydrogens (tertiary/aromatic N) is 1. The fourth-order valence-corrected chi connectivity index (χ4v) is 1.60. The molecule has 2 heteroatoms. The Hall–Kier alpha value is -0.340. The topological polar surface area (TPSA) is 15.3 Å². The van der Waals surface area contributed by atoms with Crippen LogP contribution < -0.4 is 5.32 Å². The van der Waals surface area contributed by atoms with E-state index >= 15 is 0 Å². The molecule has 0 aromatic rings. The van der Waals surface area contributed by atoms with Crippen molar-refractivity contribution in [2.75, 3.05) is 19.6 Å². The third-order valence-corrected chi connectivity index (χ3v) is 2.53. The fourth-order valence-electron chi connectivity index (χ4n) is 1.60. The van der Waals surface area contributed by atoms with Gasteiger partial charge in [-0.05, 0) is 13.3 Å². The maximum absolute atomic E-state index is 3.48. The molecule has 0 saturated heterocycles. The van der Waals surface area contributed by atoms with Crippen LogP contribution in [0.1, 0.15) is 27.2 Å². The fraction of sp³-hybridized carbons (Fsp3) is 0.818. The van der Waals surface area contributed by atoms with Crippen LogP contribution in [-0.4, -0.2) is 36.6 Å². The lowest BCUT2D eigenvalue weighted by Gasteiger charge is -2.30. The third-order valence-electron chi connectivity index (χ3n) is 2.53. The Morgan fingerprint density at radius 2 is 2.08 bits per heavy atom. The van der Waals surface area contributed by atoms with Gasteiger partial charge in [0.05, 0.1) is 0 Å². The van der Waals surface area contributed by atoms with E-state index in [4.69, 9.17) is 0 Å². The second kappa shape index (κ2) is 5.40. The van der Waals surface area contributed by atoms with Crippen LogP contribution in [0.3, 0.4) is 0 Å². The Balaban J connectivity index is 2.22. The first-order valence-corrected chi connectivity index (χ1v) is 5.32. The van der Waals surface area contributed by atoms with Gasteiger partial charge >= 0.3 is 0 Å². The Morgan fingerprint density at radius 1 is 1.31 bits per heavy atom. The largest absolute Gasteiger partial charge is 0.313 e. The molecule has 0 aliphatic carbocycles. The minimum absolute atomic E-state index is 0.600. The van der Waals surface area contributed by atoms with Gasteiger partial charge in [-0.15, -0.1) is 0 Å². The van der Waals surface area contributed by atoms with Crippen molar-refractivity contribution in [3.8, 4) is 0 Å². The maximum atomic E-state index is 3.48. The summed E-state index contributed by atoms with van der Waals surface area (Å²) in [5.41, 5.74) is 0. The average Bonchev–Trinajstić information content (AvgIpc) is 2.15. The first-order valence-electron chi connectivity index (χ1n) is 5.32. The summed E-state index contributed by atoms with van der Waals surface area (Å²) in [6, 6.07) is 1.26. The van der Waals surface area contributed by atoms with E-state index < -0.39 is 0 Å². The SMILES string of the molecule is CC(C)NCC(C)N1CC=CCC1. The minimum atomic E-state index is 0.600. The molecule has 0 bridgehead atoms. The zero-order valence-electron chi connectivity index (χ0n) is 9.09. The summed E-state index contributed by atoms with van der Waals surface area (Å²) in [4.78, 5) is 2.52. The number of nitrogens with one attached hydrogen (secondary N) is 1. The van der Waals surface area contributed by atoms with Gasteiger partial charge in [-0.25, -0.2) is 0 Å². The standard InChI is InChI=1S/C11H22N2/c1-10(2)12-9-11(3)13-7-5-4-6-8-13/h4-5,10-12H,6-9H2,1-3H3. The summed E-state index contributed by atoms with van der Waals surface area (Å²) in [5.74, 6) is 0. The predicted molar refractivity (Wildman–Crippen MR) is 57.9 cm³/mol. The van der Waals surface area contributed by atoms with E-state index in [-0.39, 0.29) is 0 Å². The highest BCUT2D eigenvalue weighted by molar-refractivity contribution is 4.92. The number of hydrogen-bond acceptors (Lipinski definition) is 2. The van der Waals surface area contributed by atoms with E-state index in [0.29, 0.717) is 12.1 Å². The van der Waals surface area contributed by atoms with Crippen LogP contribution in [-0.2, 0) is 0 Å². The Labute approximate surface area is 82.0 Å². The Morgan fingerprint density at radius 3 is 2.62 bits per heavy atom. The molecule has 2 nitrogen and oxygen atoms in total. The number of rotatable bonds is 4. The monoisotopic (exact) mass is 182 g/mol. The summed E-state index contributed by atoms with van der Waals surface area (Å²) in [6.45, 7) is 10.1. The van der Waals surface area contributed by atoms with Crippen LogP contribution in [0.5, 0.6) is 0 Å². The number of hydrogen-bond donors (Lipinski definition) is 1. The van der Waals surface area contributed by atoms with Crippen molar-refractivity contribution in [2.45, 2.75) is 39.3 Å². The van der Waals surface area contributed by atoms with Crippen LogP contribution in [0.15, 0.2) is 12.2 Å². The first-order chi connectivity index (χ1) is 6.20. The van der Waals surface area contributed by atoms with Crippen LogP contribution in [0.25, 0.3) is 0 Å². The average molecular weight is 182 g/mol. The zero-order valence-corrected chi connectivity index (χ0v) is 9.09. The third kappa shape index (κ3) is 3.92. The van der Waals surface area contributed by atoms with Gasteiger partial charge in [0.25, 0.3) is 0 Å². The lowest BCUT2D eigenvalue weighted by atomic mass is 10.2. The zero-order chi connectivity index (χ0) is 9.68. The lowest BCUT2D eigenvalue weighted by molar-refractivity contribution is 0.220. The highest BCUT2D eigenvalue weighted by atomic mass is 15.2. The molecule has 0 radical (unpaired) electrons. The second-order valence-corrected chi connectivity index (χ2v) is 4.17. The van der Waals surface area contributed by atoms with Crippen molar-refractivity contribution in [1.82, 2.24) is 10.2 Å². The van der Waals surface area contributed by atoms with E-state index in [0.717, 1.165) is 13.1 Å². The summed E-state index contributed by atoms with van der Waals surface area (Å²) >= 11 is 0. The smallest absolute Gasteiger partial charge is 0.0195 e. The Kier molecular flexibility index (Phi) is 4.46. The molecule has 76 valence electrons. The van der Waals surface area contributed by atoms with Gasteiger partial charge in [0.1, 0.15) is 0 Å². The molecule has 13 heavy (non-hydrogen) atoms. The van der Waals surface area contributed by atoms with Gasteiger partial charge in [-0.3, -0.25) is 4.90 Å². The van der Waals surface area contributed by atoms with E-state index in [9.17, 15) is 0 Å². The molecule has 1 aliphatic heterocycles. The first kappa shape index (κ1) is 10.7. The van der Waals surface area contributed by atoms with Gasteiger partial charge in [0, 0.05) is 31.7 Å². The molecule has 1 unspecified atom stereocenters. The maximum Gasteiger partial charge on any atom is 0.0195 e. The summed E-state index contributed by atoms with van der Waals surface area (Å²) < 4.78 is 0. The van der Waals surface area contributed by atoms with E-state index in [1.165, 1.54) is 13.0 Å². The summed E-state index contributed by atoms with van der Waals surface area (Å²) in [7, 11) is 0. The van der Waals surface area contributed by atoms with E-state index in [2.05, 4.69) is 43.1 Å². The van der Waals surface area contributed by atoms with Crippen molar-refractivity contribution < 1.29 is 0 Å². The molecular weight excluding hydrogens is 160 g/mol. The normalized spacial score (nSPS) is 20.9. The van der Waals surface area contributed by atoms with Gasteiger partial charge in [-0.2, -0.15) is 0 Å². The van der Waals surface area contributed by atoms with Gasteiger partial charge in [-0.1, -0.05) is 26.0 Å². The minimum Gasteiger partial charge on any atom is -0.313 e. The highest BCUT2D eigenvalue weighted by Gasteiger charge is 2.13. The van der Waals surface area contributed by atoms with Crippen LogP contribution in [0.2, 0.25) is 0 Å². The van der Waals surface area contributed by atoms with Crippen molar-refractivity contribution in [2.24, 2.45) is 0 Å². The molecule has 1 N–H and O–H groups in total. The predicted octanol–water partition coefficient (Wildman–Crippen LogP) is 1.63. The quantitative estimate of drug-likeness (QED) is 0.665. The summed E-state index contributed by atoms with van der Waals surface area (Å²) in [6.07, 6.45) is 5.76. The molecule has 0 amide bonds.